The zero-order valence-electron chi connectivity index (χ0n) is 8.08. The lowest BCUT2D eigenvalue weighted by Gasteiger charge is -2.03. The Morgan fingerprint density at radius 2 is 2.20 bits per heavy atom. The van der Waals surface area contributed by atoms with E-state index >= 15 is 0 Å². The van der Waals surface area contributed by atoms with Gasteiger partial charge in [-0.2, -0.15) is 10.2 Å². The molecule has 2 heterocycles. The molecule has 2 N–H and O–H groups in total. The van der Waals surface area contributed by atoms with Gasteiger partial charge < -0.3 is 5.73 Å². The number of nitrogens with two attached hydrogens (primary N) is 1. The van der Waals surface area contributed by atoms with Gasteiger partial charge in [0.05, 0.1) is 13.1 Å². The van der Waals surface area contributed by atoms with Crippen molar-refractivity contribution in [3.63, 3.8) is 0 Å². The molecular formula is C9H11N5O. The Morgan fingerprint density at radius 3 is 2.87 bits per heavy atom. The van der Waals surface area contributed by atoms with Gasteiger partial charge in [-0.25, -0.2) is 4.68 Å². The van der Waals surface area contributed by atoms with E-state index in [4.69, 9.17) is 5.73 Å². The Morgan fingerprint density at radius 1 is 1.33 bits per heavy atom. The first-order valence-corrected chi connectivity index (χ1v) is 4.57. The predicted molar refractivity (Wildman–Crippen MR) is 55.1 cm³/mol. The molecule has 2 aromatic heterocycles. The third-order valence-electron chi connectivity index (χ3n) is 1.99. The molecule has 0 aliphatic rings. The highest BCUT2D eigenvalue weighted by molar-refractivity contribution is 5.23. The lowest BCUT2D eigenvalue weighted by atomic mass is 10.5. The molecule has 2 aromatic rings. The van der Waals surface area contributed by atoms with E-state index in [9.17, 15) is 4.79 Å². The second kappa shape index (κ2) is 3.95. The molecule has 0 radical (unpaired) electrons. The molecule has 0 amide bonds. The average molecular weight is 205 g/mol. The first-order chi connectivity index (χ1) is 7.25. The minimum absolute atomic E-state index is 0.113. The Bertz CT molecular complexity index is 501. The minimum atomic E-state index is -0.113. The van der Waals surface area contributed by atoms with Crippen LogP contribution in [0.15, 0.2) is 35.4 Å². The standard InChI is InChI=1S/C9H11N5O/c10-8-3-5-13(12-8)6-7-14-9(15)2-1-4-11-14/h1-5H,6-7H2,(H2,10,12). The molecule has 6 nitrogen and oxygen atoms in total. The van der Waals surface area contributed by atoms with Gasteiger partial charge in [0.2, 0.25) is 0 Å². The molecule has 0 unspecified atom stereocenters. The predicted octanol–water partition coefficient (Wildman–Crippen LogP) is -0.278. The van der Waals surface area contributed by atoms with Gasteiger partial charge in [-0.1, -0.05) is 0 Å². The fourth-order valence-corrected chi connectivity index (χ4v) is 1.25. The van der Waals surface area contributed by atoms with Crippen LogP contribution in [0.25, 0.3) is 0 Å². The van der Waals surface area contributed by atoms with Crippen LogP contribution in [0.2, 0.25) is 0 Å². The van der Waals surface area contributed by atoms with E-state index in [1.807, 2.05) is 0 Å². The van der Waals surface area contributed by atoms with E-state index in [0.717, 1.165) is 0 Å². The van der Waals surface area contributed by atoms with Crippen LogP contribution in [0, 0.1) is 0 Å². The lowest BCUT2D eigenvalue weighted by Crippen LogP contribution is -2.23. The van der Waals surface area contributed by atoms with Crippen molar-refractivity contribution in [2.45, 2.75) is 13.1 Å². The summed E-state index contributed by atoms with van der Waals surface area (Å²) in [5.74, 6) is 0.475. The molecule has 0 saturated carbocycles. The second-order valence-electron chi connectivity index (χ2n) is 3.09. The van der Waals surface area contributed by atoms with Gasteiger partial charge in [-0.3, -0.25) is 9.48 Å². The summed E-state index contributed by atoms with van der Waals surface area (Å²) in [5, 5.41) is 7.94. The summed E-state index contributed by atoms with van der Waals surface area (Å²) < 4.78 is 3.06. The fourth-order valence-electron chi connectivity index (χ4n) is 1.25. The quantitative estimate of drug-likeness (QED) is 0.747. The third kappa shape index (κ3) is 2.22. The second-order valence-corrected chi connectivity index (χ2v) is 3.09. The summed E-state index contributed by atoms with van der Waals surface area (Å²) in [5.41, 5.74) is 5.35. The van der Waals surface area contributed by atoms with E-state index in [0.29, 0.717) is 18.9 Å². The molecule has 0 spiro atoms. The van der Waals surface area contributed by atoms with Crippen LogP contribution in [-0.4, -0.2) is 19.6 Å². The highest BCUT2D eigenvalue weighted by Crippen LogP contribution is 1.95. The van der Waals surface area contributed by atoms with Gasteiger partial charge in [0.25, 0.3) is 5.56 Å². The maximum Gasteiger partial charge on any atom is 0.266 e. The number of hydrogen-bond acceptors (Lipinski definition) is 4. The number of rotatable bonds is 3. The van der Waals surface area contributed by atoms with Gasteiger partial charge in [-0.05, 0) is 12.1 Å². The highest BCUT2D eigenvalue weighted by atomic mass is 16.1. The molecule has 0 fully saturated rings. The van der Waals surface area contributed by atoms with Crippen molar-refractivity contribution in [2.24, 2.45) is 0 Å². The van der Waals surface area contributed by atoms with Crippen molar-refractivity contribution < 1.29 is 0 Å². The summed E-state index contributed by atoms with van der Waals surface area (Å²) in [6.45, 7) is 1.06. The SMILES string of the molecule is Nc1ccn(CCn2ncccc2=O)n1. The van der Waals surface area contributed by atoms with Crippen molar-refractivity contribution in [3.05, 3.63) is 40.9 Å². The molecule has 0 aliphatic carbocycles. The number of nitrogens with zero attached hydrogens (tertiary/aromatic N) is 4. The van der Waals surface area contributed by atoms with Gasteiger partial charge in [-0.15, -0.1) is 0 Å². The molecule has 0 aliphatic heterocycles. The minimum Gasteiger partial charge on any atom is -0.382 e. The topological polar surface area (TPSA) is 78.7 Å². The number of nitrogen functional groups attached to an aromatic ring is 1. The number of anilines is 1. The van der Waals surface area contributed by atoms with Crippen LogP contribution < -0.4 is 11.3 Å². The van der Waals surface area contributed by atoms with Crippen molar-refractivity contribution in [2.75, 3.05) is 5.73 Å². The molecule has 15 heavy (non-hydrogen) atoms. The zero-order valence-corrected chi connectivity index (χ0v) is 8.08. The van der Waals surface area contributed by atoms with Crippen LogP contribution in [0.3, 0.4) is 0 Å². The van der Waals surface area contributed by atoms with Crippen LogP contribution in [0.5, 0.6) is 0 Å². The fraction of sp³-hybridized carbons (Fsp3) is 0.222. The lowest BCUT2D eigenvalue weighted by molar-refractivity contribution is 0.483. The highest BCUT2D eigenvalue weighted by Gasteiger charge is 1.97. The maximum absolute atomic E-state index is 11.3. The van der Waals surface area contributed by atoms with Crippen molar-refractivity contribution >= 4 is 5.82 Å². The first kappa shape index (κ1) is 9.45. The van der Waals surface area contributed by atoms with E-state index in [-0.39, 0.29) is 5.56 Å². The Kier molecular flexibility index (Phi) is 2.49. The van der Waals surface area contributed by atoms with E-state index in [1.165, 1.54) is 10.7 Å². The number of hydrogen-bond donors (Lipinski definition) is 1. The maximum atomic E-state index is 11.3. The normalized spacial score (nSPS) is 10.4. The summed E-state index contributed by atoms with van der Waals surface area (Å²) in [6.07, 6.45) is 3.35. The monoisotopic (exact) mass is 205 g/mol. The Labute approximate surface area is 85.9 Å². The number of aromatic nitrogens is 4. The first-order valence-electron chi connectivity index (χ1n) is 4.57. The zero-order chi connectivity index (χ0) is 10.7. The van der Waals surface area contributed by atoms with Crippen LogP contribution in [-0.2, 0) is 13.1 Å². The Balaban J connectivity index is 2.05. The summed E-state index contributed by atoms with van der Waals surface area (Å²) in [4.78, 5) is 11.3. The largest absolute Gasteiger partial charge is 0.382 e. The molecular weight excluding hydrogens is 194 g/mol. The van der Waals surface area contributed by atoms with Gasteiger partial charge >= 0.3 is 0 Å². The van der Waals surface area contributed by atoms with Crippen LogP contribution >= 0.6 is 0 Å². The summed E-state index contributed by atoms with van der Waals surface area (Å²) in [6, 6.07) is 4.80. The molecule has 0 aromatic carbocycles. The van der Waals surface area contributed by atoms with Crippen molar-refractivity contribution in [3.8, 4) is 0 Å². The van der Waals surface area contributed by atoms with Gasteiger partial charge in [0.15, 0.2) is 0 Å². The molecule has 0 bridgehead atoms. The van der Waals surface area contributed by atoms with E-state index in [1.54, 1.807) is 29.2 Å². The van der Waals surface area contributed by atoms with Crippen molar-refractivity contribution in [1.29, 1.82) is 0 Å². The molecule has 0 saturated heterocycles. The van der Waals surface area contributed by atoms with Crippen LogP contribution in [0.4, 0.5) is 5.82 Å². The average Bonchev–Trinajstić information content (AvgIpc) is 2.63. The van der Waals surface area contributed by atoms with Crippen LogP contribution in [0.1, 0.15) is 0 Å². The number of aryl methyl sites for hydroxylation is 2. The van der Waals surface area contributed by atoms with E-state index < -0.39 is 0 Å². The molecule has 6 heteroatoms. The Hall–Kier alpha value is -2.11. The van der Waals surface area contributed by atoms with Gasteiger partial charge in [0.1, 0.15) is 5.82 Å². The van der Waals surface area contributed by atoms with Gasteiger partial charge in [0, 0.05) is 18.5 Å². The summed E-state index contributed by atoms with van der Waals surface area (Å²) in [7, 11) is 0. The molecule has 78 valence electrons. The summed E-state index contributed by atoms with van der Waals surface area (Å²) >= 11 is 0. The van der Waals surface area contributed by atoms with Crippen molar-refractivity contribution in [1.82, 2.24) is 19.6 Å². The van der Waals surface area contributed by atoms with E-state index in [2.05, 4.69) is 10.2 Å². The molecule has 2 rings (SSSR count). The smallest absolute Gasteiger partial charge is 0.266 e. The molecule has 0 atom stereocenters. The third-order valence-corrected chi connectivity index (χ3v) is 1.99.